The molecule has 2 heterocycles. The van der Waals surface area contributed by atoms with E-state index in [-0.39, 0.29) is 51.8 Å². The summed E-state index contributed by atoms with van der Waals surface area (Å²) in [5.74, 6) is -0.424. The van der Waals surface area contributed by atoms with Crippen LogP contribution in [0.2, 0.25) is 0 Å². The van der Waals surface area contributed by atoms with Crippen LogP contribution < -0.4 is 5.63 Å². The average molecular weight is 385 g/mol. The third-order valence-electron chi connectivity index (χ3n) is 6.41. The molecule has 0 spiro atoms. The van der Waals surface area contributed by atoms with Gasteiger partial charge in [0.25, 0.3) is 0 Å². The Morgan fingerprint density at radius 2 is 1.96 bits per heavy atom. The summed E-state index contributed by atoms with van der Waals surface area (Å²) in [6.07, 6.45) is 3.03. The molecule has 28 heavy (non-hydrogen) atoms. The maximum Gasteiger partial charge on any atom is 0.340 e. The number of hydrogen-bond acceptors (Lipinski definition) is 5. The number of benzene rings is 1. The number of carbonyl (C=O) groups excluding carboxylic acids is 1. The molecule has 6 nitrogen and oxygen atoms in total. The average Bonchev–Trinajstić information content (AvgIpc) is 2.79. The Hall–Kier alpha value is -2.50. The number of nitrogens with zero attached hydrogens (tertiary/aromatic N) is 1. The fraction of sp³-hybridized carbons (Fsp3) is 0.545. The Balaban J connectivity index is 1.67. The Morgan fingerprint density at radius 1 is 1.25 bits per heavy atom. The van der Waals surface area contributed by atoms with Crippen molar-refractivity contribution in [3.8, 4) is 11.5 Å². The van der Waals surface area contributed by atoms with Crippen molar-refractivity contribution in [3.63, 3.8) is 0 Å². The lowest BCUT2D eigenvalue weighted by atomic mass is 9.65. The zero-order chi connectivity index (χ0) is 20.4. The first-order valence-electron chi connectivity index (χ1n) is 9.76. The Labute approximate surface area is 163 Å². The van der Waals surface area contributed by atoms with Crippen LogP contribution in [0.1, 0.15) is 51.2 Å². The Kier molecular flexibility index (Phi) is 4.04. The van der Waals surface area contributed by atoms with Crippen LogP contribution in [0, 0.1) is 17.8 Å². The Bertz CT molecular complexity index is 1040. The zero-order valence-electron chi connectivity index (χ0n) is 16.8. The molecule has 6 heteroatoms. The topological polar surface area (TPSA) is 91.0 Å². The van der Waals surface area contributed by atoms with Gasteiger partial charge in [-0.3, -0.25) is 4.79 Å². The lowest BCUT2D eigenvalue weighted by Crippen LogP contribution is -2.39. The number of likely N-dealkylation sites (tertiary alicyclic amines) is 1. The molecule has 1 aromatic carbocycles. The van der Waals surface area contributed by atoms with Gasteiger partial charge >= 0.3 is 5.63 Å². The summed E-state index contributed by atoms with van der Waals surface area (Å²) in [4.78, 5) is 27.6. The van der Waals surface area contributed by atoms with Crippen molar-refractivity contribution < 1.29 is 19.4 Å². The van der Waals surface area contributed by atoms with Crippen molar-refractivity contribution in [2.75, 3.05) is 6.54 Å². The molecule has 150 valence electrons. The predicted molar refractivity (Wildman–Crippen MR) is 105 cm³/mol. The van der Waals surface area contributed by atoms with Gasteiger partial charge in [-0.05, 0) is 42.6 Å². The van der Waals surface area contributed by atoms with Gasteiger partial charge in [-0.25, -0.2) is 4.79 Å². The fourth-order valence-electron chi connectivity index (χ4n) is 5.72. The lowest BCUT2D eigenvalue weighted by Gasteiger charge is -2.39. The SMILES string of the molecule is Cc1c(CC(=O)N2C[C@]3(C)C[C@@H]2CC(C)(C)C3)c(=O)oc2cc(O)cc(O)c12. The number of aromatic hydroxyl groups is 2. The van der Waals surface area contributed by atoms with Crippen LogP contribution >= 0.6 is 0 Å². The fourth-order valence-corrected chi connectivity index (χ4v) is 5.72. The van der Waals surface area contributed by atoms with Crippen LogP contribution in [-0.2, 0) is 11.2 Å². The van der Waals surface area contributed by atoms with Gasteiger partial charge in [0.15, 0.2) is 0 Å². The third kappa shape index (κ3) is 3.05. The van der Waals surface area contributed by atoms with Gasteiger partial charge < -0.3 is 19.5 Å². The molecule has 2 fully saturated rings. The number of amides is 1. The quantitative estimate of drug-likeness (QED) is 0.773. The second kappa shape index (κ2) is 6.00. The molecule has 2 atom stereocenters. The van der Waals surface area contributed by atoms with Crippen LogP contribution in [0.25, 0.3) is 11.0 Å². The van der Waals surface area contributed by atoms with Gasteiger partial charge in [0, 0.05) is 24.7 Å². The van der Waals surface area contributed by atoms with Crippen molar-refractivity contribution in [1.29, 1.82) is 0 Å². The van der Waals surface area contributed by atoms with E-state index in [2.05, 4.69) is 20.8 Å². The van der Waals surface area contributed by atoms with E-state index in [1.807, 2.05) is 4.90 Å². The van der Waals surface area contributed by atoms with E-state index in [1.165, 1.54) is 12.1 Å². The van der Waals surface area contributed by atoms with Crippen molar-refractivity contribution >= 4 is 16.9 Å². The summed E-state index contributed by atoms with van der Waals surface area (Å²) in [6, 6.07) is 2.70. The number of phenolic OH excluding ortho intramolecular Hbond substituents is 2. The predicted octanol–water partition coefficient (Wildman–Crippen LogP) is 3.48. The number of fused-ring (bicyclic) bond motifs is 3. The van der Waals surface area contributed by atoms with Crippen molar-refractivity contribution in [2.45, 2.75) is 59.4 Å². The molecular formula is C22H27NO5. The first kappa shape index (κ1) is 18.8. The van der Waals surface area contributed by atoms with Crippen molar-refractivity contribution in [2.24, 2.45) is 10.8 Å². The molecule has 0 radical (unpaired) electrons. The van der Waals surface area contributed by atoms with Crippen LogP contribution in [0.5, 0.6) is 11.5 Å². The summed E-state index contributed by atoms with van der Waals surface area (Å²) in [5, 5.41) is 20.2. The molecule has 2 N–H and O–H groups in total. The zero-order valence-corrected chi connectivity index (χ0v) is 16.8. The summed E-state index contributed by atoms with van der Waals surface area (Å²) < 4.78 is 5.29. The summed E-state index contributed by atoms with van der Waals surface area (Å²) in [5.41, 5.74) is 0.633. The summed E-state index contributed by atoms with van der Waals surface area (Å²) in [7, 11) is 0. The first-order chi connectivity index (χ1) is 13.0. The molecule has 4 rings (SSSR count). The minimum atomic E-state index is -0.600. The highest BCUT2D eigenvalue weighted by Crippen LogP contribution is 2.52. The minimum absolute atomic E-state index is 0.0442. The number of phenols is 2. The lowest BCUT2D eigenvalue weighted by molar-refractivity contribution is -0.131. The number of aryl methyl sites for hydroxylation is 1. The van der Waals surface area contributed by atoms with E-state index in [9.17, 15) is 19.8 Å². The molecule has 2 aromatic rings. The standard InChI is InChI=1S/C22H27NO5/c1-12-15(20(27)28-17-6-14(24)5-16(25)19(12)17)7-18(26)23-11-22(4)9-13(23)8-21(2,3)10-22/h5-6,13,24-25H,7-11H2,1-4H3/t13-,22+/m0/s1. The van der Waals surface area contributed by atoms with Gasteiger partial charge in [0.2, 0.25) is 5.91 Å². The summed E-state index contributed by atoms with van der Waals surface area (Å²) in [6.45, 7) is 9.17. The monoisotopic (exact) mass is 385 g/mol. The smallest absolute Gasteiger partial charge is 0.340 e. The molecule has 1 saturated heterocycles. The molecule has 1 amide bonds. The van der Waals surface area contributed by atoms with E-state index < -0.39 is 5.63 Å². The Morgan fingerprint density at radius 3 is 2.68 bits per heavy atom. The molecule has 1 aliphatic heterocycles. The van der Waals surface area contributed by atoms with Crippen molar-refractivity contribution in [3.05, 3.63) is 33.7 Å². The van der Waals surface area contributed by atoms with Crippen LogP contribution in [0.4, 0.5) is 0 Å². The van der Waals surface area contributed by atoms with Gasteiger partial charge in [-0.1, -0.05) is 20.8 Å². The second-order valence-corrected chi connectivity index (χ2v) is 9.74. The van der Waals surface area contributed by atoms with E-state index >= 15 is 0 Å². The molecule has 2 aliphatic rings. The van der Waals surface area contributed by atoms with Gasteiger partial charge in [0.1, 0.15) is 17.1 Å². The molecule has 0 unspecified atom stereocenters. The van der Waals surface area contributed by atoms with E-state index in [1.54, 1.807) is 6.92 Å². The molecule has 2 bridgehead atoms. The van der Waals surface area contributed by atoms with Gasteiger partial charge in [-0.15, -0.1) is 0 Å². The minimum Gasteiger partial charge on any atom is -0.508 e. The highest BCUT2D eigenvalue weighted by atomic mass is 16.4. The maximum absolute atomic E-state index is 13.1. The highest BCUT2D eigenvalue weighted by Gasteiger charge is 2.50. The molecular weight excluding hydrogens is 358 g/mol. The van der Waals surface area contributed by atoms with Crippen LogP contribution in [0.3, 0.4) is 0 Å². The van der Waals surface area contributed by atoms with Crippen LogP contribution in [0.15, 0.2) is 21.3 Å². The molecule has 1 aliphatic carbocycles. The van der Waals surface area contributed by atoms with Gasteiger partial charge in [0.05, 0.1) is 17.4 Å². The highest BCUT2D eigenvalue weighted by molar-refractivity contribution is 5.90. The van der Waals surface area contributed by atoms with Crippen LogP contribution in [-0.4, -0.2) is 33.6 Å². The third-order valence-corrected chi connectivity index (χ3v) is 6.41. The molecule has 1 saturated carbocycles. The second-order valence-electron chi connectivity index (χ2n) is 9.74. The number of hydrogen-bond donors (Lipinski definition) is 2. The van der Waals surface area contributed by atoms with Crippen molar-refractivity contribution in [1.82, 2.24) is 4.90 Å². The number of carbonyl (C=O) groups is 1. The normalized spacial score (nSPS) is 26.0. The van der Waals surface area contributed by atoms with E-state index in [4.69, 9.17) is 4.42 Å². The first-order valence-corrected chi connectivity index (χ1v) is 9.76. The largest absolute Gasteiger partial charge is 0.508 e. The molecule has 1 aromatic heterocycles. The number of rotatable bonds is 2. The summed E-state index contributed by atoms with van der Waals surface area (Å²) >= 11 is 0. The van der Waals surface area contributed by atoms with E-state index in [0.717, 1.165) is 25.8 Å². The van der Waals surface area contributed by atoms with E-state index in [0.29, 0.717) is 10.9 Å². The maximum atomic E-state index is 13.1. The van der Waals surface area contributed by atoms with Gasteiger partial charge in [-0.2, -0.15) is 0 Å².